The van der Waals surface area contributed by atoms with E-state index in [9.17, 15) is 0 Å². The Morgan fingerprint density at radius 3 is 2.05 bits per heavy atom. The molecule has 0 aliphatic carbocycles. The molecule has 1 aliphatic heterocycles. The second kappa shape index (κ2) is 5.35. The van der Waals surface area contributed by atoms with Crippen molar-refractivity contribution in [1.29, 1.82) is 0 Å². The molecule has 0 radical (unpaired) electrons. The molecule has 19 heavy (non-hydrogen) atoms. The average molecular weight is 284 g/mol. The first-order valence-corrected chi connectivity index (χ1v) is 6.41. The maximum absolute atomic E-state index is 6.08. The number of aryl methyl sites for hydroxylation is 1. The Balaban J connectivity index is 0.00000180. The third kappa shape index (κ3) is 2.91. The van der Waals surface area contributed by atoms with Crippen LogP contribution >= 0.6 is 12.4 Å². The van der Waals surface area contributed by atoms with Crippen LogP contribution in [0.15, 0.2) is 18.2 Å². The van der Waals surface area contributed by atoms with Crippen LogP contribution in [0.25, 0.3) is 0 Å². The van der Waals surface area contributed by atoms with Gasteiger partial charge < -0.3 is 14.6 Å². The summed E-state index contributed by atoms with van der Waals surface area (Å²) in [5.41, 5.74) is 2.78. The van der Waals surface area contributed by atoms with Crippen molar-refractivity contribution in [3.63, 3.8) is 0 Å². The Bertz CT molecular complexity index is 447. The zero-order valence-electron chi connectivity index (χ0n) is 12.5. The van der Waals surface area contributed by atoms with E-state index < -0.39 is 0 Å². The van der Waals surface area contributed by atoms with Gasteiger partial charge in [0, 0.05) is 12.7 Å². The second-order valence-corrected chi connectivity index (χ2v) is 5.91. The zero-order chi connectivity index (χ0) is 13.6. The van der Waals surface area contributed by atoms with Crippen molar-refractivity contribution in [2.75, 3.05) is 12.4 Å². The third-order valence-electron chi connectivity index (χ3n) is 4.08. The number of halogens is 1. The minimum absolute atomic E-state index is 0. The summed E-state index contributed by atoms with van der Waals surface area (Å²) in [5.74, 6) is 0. The van der Waals surface area contributed by atoms with Gasteiger partial charge >= 0.3 is 7.12 Å². The van der Waals surface area contributed by atoms with Gasteiger partial charge in [0.2, 0.25) is 0 Å². The standard InChI is InChI=1S/C14H22BNO2.ClH/c1-10-7-8-11(16-6)9-12(10)15-17-13(2,3)14(4,5)18-15;/h7-9,16H,1-6H3;1H. The fraction of sp³-hybridized carbons (Fsp3) is 0.571. The SMILES string of the molecule is CNc1ccc(C)c(B2OC(C)(C)C(C)(C)O2)c1.Cl. The number of hydrogen-bond donors (Lipinski definition) is 1. The molecule has 3 nitrogen and oxygen atoms in total. The molecule has 0 spiro atoms. The van der Waals surface area contributed by atoms with E-state index in [2.05, 4.69) is 58.1 Å². The van der Waals surface area contributed by atoms with Gasteiger partial charge in [-0.05, 0) is 52.2 Å². The van der Waals surface area contributed by atoms with E-state index in [-0.39, 0.29) is 30.7 Å². The van der Waals surface area contributed by atoms with Gasteiger partial charge in [0.25, 0.3) is 0 Å². The molecule has 0 saturated carbocycles. The van der Waals surface area contributed by atoms with Crippen LogP contribution in [0.5, 0.6) is 0 Å². The Morgan fingerprint density at radius 2 is 1.58 bits per heavy atom. The van der Waals surface area contributed by atoms with Crippen molar-refractivity contribution in [2.24, 2.45) is 0 Å². The monoisotopic (exact) mass is 283 g/mol. The molecule has 5 heteroatoms. The first-order valence-electron chi connectivity index (χ1n) is 6.41. The molecule has 0 atom stereocenters. The first kappa shape index (κ1) is 16.3. The summed E-state index contributed by atoms with van der Waals surface area (Å²) >= 11 is 0. The molecule has 0 aromatic heterocycles. The highest BCUT2D eigenvalue weighted by molar-refractivity contribution is 6.62. The molecule has 1 fully saturated rings. The highest BCUT2D eigenvalue weighted by Gasteiger charge is 2.52. The Kier molecular flexibility index (Phi) is 4.60. The van der Waals surface area contributed by atoms with Crippen LogP contribution in [0.2, 0.25) is 0 Å². The maximum atomic E-state index is 6.08. The van der Waals surface area contributed by atoms with Gasteiger partial charge in [-0.25, -0.2) is 0 Å². The molecule has 0 bridgehead atoms. The minimum Gasteiger partial charge on any atom is -0.399 e. The highest BCUT2D eigenvalue weighted by atomic mass is 35.5. The zero-order valence-corrected chi connectivity index (χ0v) is 13.4. The highest BCUT2D eigenvalue weighted by Crippen LogP contribution is 2.36. The molecule has 2 rings (SSSR count). The molecule has 1 aliphatic rings. The predicted octanol–water partition coefficient (Wildman–Crippen LogP) is 2.76. The Labute approximate surface area is 122 Å². The van der Waals surface area contributed by atoms with Gasteiger partial charge in [0.05, 0.1) is 11.2 Å². The van der Waals surface area contributed by atoms with E-state index in [1.165, 1.54) is 5.56 Å². The van der Waals surface area contributed by atoms with Gasteiger partial charge in [-0.15, -0.1) is 12.4 Å². The van der Waals surface area contributed by atoms with Gasteiger partial charge in [0.1, 0.15) is 0 Å². The maximum Gasteiger partial charge on any atom is 0.495 e. The third-order valence-corrected chi connectivity index (χ3v) is 4.08. The van der Waals surface area contributed by atoms with Crippen LogP contribution in [0.3, 0.4) is 0 Å². The molecule has 1 N–H and O–H groups in total. The molecule has 0 amide bonds. The van der Waals surface area contributed by atoms with Crippen LogP contribution in [-0.2, 0) is 9.31 Å². The molecule has 1 heterocycles. The lowest BCUT2D eigenvalue weighted by Gasteiger charge is -2.32. The van der Waals surface area contributed by atoms with Crippen molar-refractivity contribution in [1.82, 2.24) is 0 Å². The van der Waals surface area contributed by atoms with Gasteiger partial charge in [-0.3, -0.25) is 0 Å². The van der Waals surface area contributed by atoms with Crippen LogP contribution in [-0.4, -0.2) is 25.4 Å². The molecular weight excluding hydrogens is 260 g/mol. The van der Waals surface area contributed by atoms with Crippen molar-refractivity contribution in [3.8, 4) is 0 Å². The van der Waals surface area contributed by atoms with E-state index in [4.69, 9.17) is 9.31 Å². The predicted molar refractivity (Wildman–Crippen MR) is 83.7 cm³/mol. The first-order chi connectivity index (χ1) is 8.27. The number of rotatable bonds is 2. The summed E-state index contributed by atoms with van der Waals surface area (Å²) < 4.78 is 12.2. The normalized spacial score (nSPS) is 20.0. The van der Waals surface area contributed by atoms with Crippen LogP contribution in [0.4, 0.5) is 5.69 Å². The lowest BCUT2D eigenvalue weighted by molar-refractivity contribution is 0.00578. The quantitative estimate of drug-likeness (QED) is 0.847. The van der Waals surface area contributed by atoms with E-state index in [1.807, 2.05) is 7.05 Å². The topological polar surface area (TPSA) is 30.5 Å². The molecule has 1 aromatic rings. The molecule has 0 unspecified atom stereocenters. The number of hydrogen-bond acceptors (Lipinski definition) is 3. The molecule has 106 valence electrons. The lowest BCUT2D eigenvalue weighted by atomic mass is 9.76. The Hall–Kier alpha value is -0.705. The fourth-order valence-corrected chi connectivity index (χ4v) is 2.02. The van der Waals surface area contributed by atoms with Crippen molar-refractivity contribution >= 4 is 30.7 Å². The lowest BCUT2D eigenvalue weighted by Crippen LogP contribution is -2.41. The van der Waals surface area contributed by atoms with Gasteiger partial charge in [-0.1, -0.05) is 11.6 Å². The average Bonchev–Trinajstić information content (AvgIpc) is 2.48. The largest absolute Gasteiger partial charge is 0.495 e. The summed E-state index contributed by atoms with van der Waals surface area (Å²) in [6, 6.07) is 6.24. The van der Waals surface area contributed by atoms with E-state index in [0.29, 0.717) is 0 Å². The molecule has 1 saturated heterocycles. The minimum atomic E-state index is -0.292. The van der Waals surface area contributed by atoms with E-state index in [0.717, 1.165) is 11.2 Å². The van der Waals surface area contributed by atoms with E-state index in [1.54, 1.807) is 0 Å². The van der Waals surface area contributed by atoms with Crippen LogP contribution in [0, 0.1) is 6.92 Å². The van der Waals surface area contributed by atoms with Crippen LogP contribution < -0.4 is 10.8 Å². The van der Waals surface area contributed by atoms with Crippen molar-refractivity contribution in [2.45, 2.75) is 45.8 Å². The summed E-state index contributed by atoms with van der Waals surface area (Å²) in [6.45, 7) is 10.4. The summed E-state index contributed by atoms with van der Waals surface area (Å²) in [4.78, 5) is 0. The van der Waals surface area contributed by atoms with Gasteiger partial charge in [0.15, 0.2) is 0 Å². The van der Waals surface area contributed by atoms with Crippen LogP contribution in [0.1, 0.15) is 33.3 Å². The number of benzene rings is 1. The number of nitrogens with one attached hydrogen (secondary N) is 1. The van der Waals surface area contributed by atoms with Crippen molar-refractivity contribution < 1.29 is 9.31 Å². The molecular formula is C14H23BClNO2. The Morgan fingerprint density at radius 1 is 1.05 bits per heavy atom. The summed E-state index contributed by atoms with van der Waals surface area (Å²) in [5, 5.41) is 3.15. The van der Waals surface area contributed by atoms with Gasteiger partial charge in [-0.2, -0.15) is 0 Å². The fourth-order valence-electron chi connectivity index (χ4n) is 2.02. The second-order valence-electron chi connectivity index (χ2n) is 5.91. The van der Waals surface area contributed by atoms with Crippen molar-refractivity contribution in [3.05, 3.63) is 23.8 Å². The smallest absolute Gasteiger partial charge is 0.399 e. The number of anilines is 1. The summed E-state index contributed by atoms with van der Waals surface area (Å²) in [6.07, 6.45) is 0. The summed E-state index contributed by atoms with van der Waals surface area (Å²) in [7, 11) is 1.63. The van der Waals surface area contributed by atoms with E-state index >= 15 is 0 Å². The molecule has 1 aromatic carbocycles.